The lowest BCUT2D eigenvalue weighted by atomic mass is 10.0. The van der Waals surface area contributed by atoms with Gasteiger partial charge in [-0.3, -0.25) is 4.90 Å². The number of rotatable bonds is 4. The molecule has 3 nitrogen and oxygen atoms in total. The smallest absolute Gasteiger partial charge is 0.123 e. The fourth-order valence-corrected chi connectivity index (χ4v) is 4.27. The zero-order valence-electron chi connectivity index (χ0n) is 12.4. The van der Waals surface area contributed by atoms with Gasteiger partial charge in [0, 0.05) is 40.2 Å². The molecule has 1 saturated heterocycles. The Hall–Kier alpha value is -0.230. The number of nitrogens with two attached hydrogens (primary N) is 1. The molecule has 0 bridgehead atoms. The van der Waals surface area contributed by atoms with E-state index in [4.69, 9.17) is 10.5 Å². The van der Waals surface area contributed by atoms with Crippen LogP contribution in [0.5, 0.6) is 5.75 Å². The van der Waals surface area contributed by atoms with E-state index in [9.17, 15) is 0 Å². The molecular formula is C15H23BrN2OS. The molecule has 0 radical (unpaired) electrons. The van der Waals surface area contributed by atoms with Gasteiger partial charge in [0.1, 0.15) is 5.75 Å². The lowest BCUT2D eigenvalue weighted by Gasteiger charge is -2.42. The van der Waals surface area contributed by atoms with Gasteiger partial charge >= 0.3 is 0 Å². The van der Waals surface area contributed by atoms with Crippen LogP contribution in [0.25, 0.3) is 0 Å². The Morgan fingerprint density at radius 1 is 1.50 bits per heavy atom. The standard InChI is InChI=1S/C15H23BrN2OS/c1-15(2)10-18(6-7-20-15)13(9-17)12-8-11(16)4-5-14(12)19-3/h4-5,8,13H,6-7,9-10,17H2,1-3H3. The molecule has 20 heavy (non-hydrogen) atoms. The van der Waals surface area contributed by atoms with Crippen molar-refractivity contribution < 1.29 is 4.74 Å². The van der Waals surface area contributed by atoms with Crippen LogP contribution in [0.4, 0.5) is 0 Å². The fourth-order valence-electron chi connectivity index (χ4n) is 2.76. The van der Waals surface area contributed by atoms with Gasteiger partial charge < -0.3 is 10.5 Å². The molecular weight excluding hydrogens is 336 g/mol. The van der Waals surface area contributed by atoms with Gasteiger partial charge in [0.2, 0.25) is 0 Å². The number of nitrogens with zero attached hydrogens (tertiary/aromatic N) is 1. The molecule has 0 spiro atoms. The van der Waals surface area contributed by atoms with Crippen molar-refractivity contribution in [2.75, 3.05) is 32.5 Å². The zero-order valence-corrected chi connectivity index (χ0v) is 14.8. The fraction of sp³-hybridized carbons (Fsp3) is 0.600. The van der Waals surface area contributed by atoms with Gasteiger partial charge in [-0.2, -0.15) is 11.8 Å². The molecule has 0 aliphatic carbocycles. The molecule has 1 fully saturated rings. The molecule has 2 rings (SSSR count). The maximum Gasteiger partial charge on any atom is 0.123 e. The van der Waals surface area contributed by atoms with Crippen molar-refractivity contribution in [3.05, 3.63) is 28.2 Å². The van der Waals surface area contributed by atoms with Crippen LogP contribution in [0.1, 0.15) is 25.5 Å². The first-order valence-corrected chi connectivity index (χ1v) is 8.66. The second kappa shape index (κ2) is 6.69. The summed E-state index contributed by atoms with van der Waals surface area (Å²) in [6.07, 6.45) is 0. The van der Waals surface area contributed by atoms with E-state index >= 15 is 0 Å². The normalized spacial score (nSPS) is 20.6. The van der Waals surface area contributed by atoms with E-state index in [1.807, 2.05) is 23.9 Å². The SMILES string of the molecule is COc1ccc(Br)cc1C(CN)N1CCSC(C)(C)C1. The van der Waals surface area contributed by atoms with Crippen LogP contribution in [0.2, 0.25) is 0 Å². The average molecular weight is 359 g/mol. The molecule has 0 amide bonds. The molecule has 1 aliphatic rings. The molecule has 1 aliphatic heterocycles. The van der Waals surface area contributed by atoms with Crippen LogP contribution in [0, 0.1) is 0 Å². The topological polar surface area (TPSA) is 38.5 Å². The maximum atomic E-state index is 6.08. The predicted octanol–water partition coefficient (Wildman–Crippen LogP) is 3.28. The number of halogens is 1. The van der Waals surface area contributed by atoms with Crippen molar-refractivity contribution in [2.45, 2.75) is 24.6 Å². The van der Waals surface area contributed by atoms with Crippen LogP contribution in [0.3, 0.4) is 0 Å². The van der Waals surface area contributed by atoms with Crippen molar-refractivity contribution in [3.63, 3.8) is 0 Å². The first-order valence-electron chi connectivity index (χ1n) is 6.88. The summed E-state index contributed by atoms with van der Waals surface area (Å²) in [6, 6.07) is 6.35. The van der Waals surface area contributed by atoms with Gasteiger partial charge in [-0.25, -0.2) is 0 Å². The van der Waals surface area contributed by atoms with Crippen LogP contribution in [-0.2, 0) is 0 Å². The minimum atomic E-state index is 0.211. The van der Waals surface area contributed by atoms with E-state index in [2.05, 4.69) is 40.7 Å². The number of ether oxygens (including phenoxy) is 1. The highest BCUT2D eigenvalue weighted by Gasteiger charge is 2.32. The molecule has 0 aromatic heterocycles. The first-order chi connectivity index (χ1) is 9.46. The van der Waals surface area contributed by atoms with Crippen molar-refractivity contribution in [1.82, 2.24) is 4.90 Å². The van der Waals surface area contributed by atoms with Gasteiger partial charge in [-0.05, 0) is 32.0 Å². The van der Waals surface area contributed by atoms with Crippen molar-refractivity contribution in [3.8, 4) is 5.75 Å². The molecule has 5 heteroatoms. The van der Waals surface area contributed by atoms with E-state index in [1.54, 1.807) is 7.11 Å². The minimum Gasteiger partial charge on any atom is -0.496 e. The monoisotopic (exact) mass is 358 g/mol. The highest BCUT2D eigenvalue weighted by molar-refractivity contribution is 9.10. The van der Waals surface area contributed by atoms with Gasteiger partial charge in [0.25, 0.3) is 0 Å². The third kappa shape index (κ3) is 3.70. The average Bonchev–Trinajstić information content (AvgIpc) is 2.39. The third-order valence-electron chi connectivity index (χ3n) is 3.67. The van der Waals surface area contributed by atoms with E-state index in [1.165, 1.54) is 5.56 Å². The van der Waals surface area contributed by atoms with Crippen LogP contribution < -0.4 is 10.5 Å². The second-order valence-corrected chi connectivity index (χ2v) is 8.43. The molecule has 1 aromatic carbocycles. The summed E-state index contributed by atoms with van der Waals surface area (Å²) in [5, 5.41) is 0. The summed E-state index contributed by atoms with van der Waals surface area (Å²) < 4.78 is 6.87. The number of hydrogen-bond donors (Lipinski definition) is 1. The van der Waals surface area contributed by atoms with Crippen molar-refractivity contribution in [2.24, 2.45) is 5.73 Å². The van der Waals surface area contributed by atoms with Crippen molar-refractivity contribution >= 4 is 27.7 Å². The summed E-state index contributed by atoms with van der Waals surface area (Å²) in [4.78, 5) is 2.49. The zero-order chi connectivity index (χ0) is 14.8. The molecule has 1 atom stereocenters. The van der Waals surface area contributed by atoms with Crippen LogP contribution in [0.15, 0.2) is 22.7 Å². The maximum absolute atomic E-state index is 6.08. The van der Waals surface area contributed by atoms with Gasteiger partial charge in [-0.1, -0.05) is 15.9 Å². The van der Waals surface area contributed by atoms with Crippen molar-refractivity contribution in [1.29, 1.82) is 0 Å². The Kier molecular flexibility index (Phi) is 5.40. The van der Waals surface area contributed by atoms with E-state index < -0.39 is 0 Å². The van der Waals surface area contributed by atoms with Gasteiger partial charge in [-0.15, -0.1) is 0 Å². The minimum absolute atomic E-state index is 0.211. The van der Waals surface area contributed by atoms with Crippen LogP contribution in [-0.4, -0.2) is 42.1 Å². The highest BCUT2D eigenvalue weighted by atomic mass is 79.9. The molecule has 112 valence electrons. The second-order valence-electron chi connectivity index (χ2n) is 5.72. The Labute approximate surface area is 134 Å². The molecule has 1 heterocycles. The first kappa shape index (κ1) is 16.1. The molecule has 0 saturated carbocycles. The molecule has 1 unspecified atom stereocenters. The molecule has 2 N–H and O–H groups in total. The summed E-state index contributed by atoms with van der Waals surface area (Å²) in [5.74, 6) is 2.07. The van der Waals surface area contributed by atoms with Crippen LogP contribution >= 0.6 is 27.7 Å². The molecule has 1 aromatic rings. The van der Waals surface area contributed by atoms with E-state index in [0.29, 0.717) is 6.54 Å². The third-order valence-corrected chi connectivity index (χ3v) is 5.46. The lowest BCUT2D eigenvalue weighted by molar-refractivity contribution is 0.189. The largest absolute Gasteiger partial charge is 0.496 e. The Balaban J connectivity index is 2.30. The lowest BCUT2D eigenvalue weighted by Crippen LogP contribution is -2.46. The van der Waals surface area contributed by atoms with E-state index in [-0.39, 0.29) is 10.8 Å². The summed E-state index contributed by atoms with van der Waals surface area (Å²) in [7, 11) is 1.72. The van der Waals surface area contributed by atoms with Gasteiger partial charge in [0.15, 0.2) is 0 Å². The summed E-state index contributed by atoms with van der Waals surface area (Å²) in [6.45, 7) is 7.33. The Morgan fingerprint density at radius 2 is 2.25 bits per heavy atom. The number of benzene rings is 1. The predicted molar refractivity (Wildman–Crippen MR) is 90.6 cm³/mol. The Bertz CT molecular complexity index is 467. The number of thioether (sulfide) groups is 1. The van der Waals surface area contributed by atoms with E-state index in [0.717, 1.165) is 29.1 Å². The number of hydrogen-bond acceptors (Lipinski definition) is 4. The van der Waals surface area contributed by atoms with Gasteiger partial charge in [0.05, 0.1) is 13.2 Å². The summed E-state index contributed by atoms with van der Waals surface area (Å²) >= 11 is 5.59. The number of methoxy groups -OCH3 is 1. The highest BCUT2D eigenvalue weighted by Crippen LogP contribution is 2.37. The summed E-state index contributed by atoms with van der Waals surface area (Å²) in [5.41, 5.74) is 7.25. The Morgan fingerprint density at radius 3 is 2.85 bits per heavy atom. The quantitative estimate of drug-likeness (QED) is 0.896.